The molecule has 1 aliphatic heterocycles. The molecule has 2 N–H and O–H groups in total. The van der Waals surface area contributed by atoms with Gasteiger partial charge < -0.3 is 20.1 Å². The lowest BCUT2D eigenvalue weighted by Crippen LogP contribution is -2.31. The van der Waals surface area contributed by atoms with Crippen LogP contribution in [0, 0.1) is 0 Å². The molecule has 0 radical (unpaired) electrons. The summed E-state index contributed by atoms with van der Waals surface area (Å²) in [6.07, 6.45) is 9.45. The predicted octanol–water partition coefficient (Wildman–Crippen LogP) is 2.23. The zero-order valence-electron chi connectivity index (χ0n) is 15.8. The van der Waals surface area contributed by atoms with Gasteiger partial charge in [0.2, 0.25) is 5.91 Å². The lowest BCUT2D eigenvalue weighted by atomic mass is 10.3. The number of hydrogen-bond acceptors (Lipinski definition) is 5. The van der Waals surface area contributed by atoms with Crippen molar-refractivity contribution in [1.82, 2.24) is 10.2 Å². The molecule has 6 nitrogen and oxygen atoms in total. The van der Waals surface area contributed by atoms with Gasteiger partial charge in [0.05, 0.1) is 6.61 Å². The number of cyclic esters (lactones) is 1. The molecule has 0 atom stereocenters. The van der Waals surface area contributed by atoms with Crippen LogP contribution in [-0.2, 0) is 14.3 Å². The van der Waals surface area contributed by atoms with Crippen LogP contribution in [0.1, 0.15) is 25.7 Å². The summed E-state index contributed by atoms with van der Waals surface area (Å²) >= 11 is 0. The molecule has 0 unspecified atom stereocenters. The fourth-order valence-corrected chi connectivity index (χ4v) is 1.74. The Morgan fingerprint density at radius 1 is 1.12 bits per heavy atom. The van der Waals surface area contributed by atoms with Gasteiger partial charge in [-0.25, -0.2) is 0 Å². The average molecular weight is 367 g/mol. The minimum Gasteiger partial charge on any atom is -0.466 e. The molecule has 1 fully saturated rings. The second-order valence-electron chi connectivity index (χ2n) is 5.26. The zero-order chi connectivity index (χ0) is 20.0. The first-order valence-electron chi connectivity index (χ1n) is 8.75. The van der Waals surface area contributed by atoms with Crippen molar-refractivity contribution in [3.8, 4) is 0 Å². The molecule has 1 rings (SSSR count). The second kappa shape index (κ2) is 20.9. The van der Waals surface area contributed by atoms with Crippen molar-refractivity contribution >= 4 is 11.9 Å². The number of hydrogen-bond donors (Lipinski definition) is 2. The van der Waals surface area contributed by atoms with E-state index in [-0.39, 0.29) is 18.5 Å². The number of amides is 1. The molecule has 0 aliphatic carbocycles. The van der Waals surface area contributed by atoms with E-state index in [9.17, 15) is 9.59 Å². The molecule has 1 amide bonds. The van der Waals surface area contributed by atoms with Crippen molar-refractivity contribution in [1.29, 1.82) is 0 Å². The molecule has 1 saturated heterocycles. The lowest BCUT2D eigenvalue weighted by molar-refractivity contribution is -0.138. The highest BCUT2D eigenvalue weighted by Crippen LogP contribution is 2.01. The van der Waals surface area contributed by atoms with Gasteiger partial charge in [0.25, 0.3) is 0 Å². The van der Waals surface area contributed by atoms with Crippen LogP contribution in [0.25, 0.3) is 0 Å². The van der Waals surface area contributed by atoms with Crippen LogP contribution < -0.4 is 5.32 Å². The zero-order valence-corrected chi connectivity index (χ0v) is 15.8. The maximum absolute atomic E-state index is 11.4. The number of carbonyl (C=O) groups excluding carboxylic acids is 2. The maximum Gasteiger partial charge on any atom is 0.305 e. The summed E-state index contributed by atoms with van der Waals surface area (Å²) < 4.78 is 4.51. The van der Waals surface area contributed by atoms with Crippen molar-refractivity contribution in [3.63, 3.8) is 0 Å². The minimum absolute atomic E-state index is 0.0360. The number of nitrogens with one attached hydrogen (secondary N) is 1. The van der Waals surface area contributed by atoms with E-state index in [0.29, 0.717) is 39.0 Å². The van der Waals surface area contributed by atoms with E-state index in [2.05, 4.69) is 36.4 Å². The molecule has 26 heavy (non-hydrogen) atoms. The van der Waals surface area contributed by atoms with Gasteiger partial charge in [-0.05, 0) is 12.8 Å². The normalized spacial score (nSPS) is 11.7. The van der Waals surface area contributed by atoms with Gasteiger partial charge in [-0.1, -0.05) is 24.3 Å². The average Bonchev–Trinajstić information content (AvgIpc) is 3.12. The molecule has 0 aromatic carbocycles. The van der Waals surface area contributed by atoms with Gasteiger partial charge in [0, 0.05) is 45.6 Å². The molecule has 1 aliphatic rings. The number of aliphatic hydroxyl groups excluding tert-OH is 1. The molecular formula is C20H34N2O4. The van der Waals surface area contributed by atoms with E-state index < -0.39 is 0 Å². The van der Waals surface area contributed by atoms with Gasteiger partial charge >= 0.3 is 5.97 Å². The monoisotopic (exact) mass is 366 g/mol. The van der Waals surface area contributed by atoms with Crippen LogP contribution in [0.15, 0.2) is 50.6 Å². The summed E-state index contributed by atoms with van der Waals surface area (Å²) in [6.45, 7) is 17.7. The van der Waals surface area contributed by atoms with E-state index in [0.717, 1.165) is 19.5 Å². The Balaban J connectivity index is 0. The number of ether oxygens (including phenoxy) is 1. The summed E-state index contributed by atoms with van der Waals surface area (Å²) in [4.78, 5) is 23.1. The molecule has 0 aromatic heterocycles. The summed E-state index contributed by atoms with van der Waals surface area (Å²) in [5.74, 6) is -0.0103. The fraction of sp³-hybridized carbons (Fsp3) is 0.500. The van der Waals surface area contributed by atoms with Crippen LogP contribution in [0.4, 0.5) is 0 Å². The van der Waals surface area contributed by atoms with E-state index in [1.54, 1.807) is 17.1 Å². The molecule has 0 spiro atoms. The Hall–Kier alpha value is -2.18. The Morgan fingerprint density at radius 2 is 1.69 bits per heavy atom. The first-order chi connectivity index (χ1) is 12.6. The Kier molecular flexibility index (Phi) is 20.9. The van der Waals surface area contributed by atoms with E-state index in [1.807, 2.05) is 12.2 Å². The highest BCUT2D eigenvalue weighted by Gasteiger charge is 2.09. The van der Waals surface area contributed by atoms with Crippen molar-refractivity contribution < 1.29 is 19.4 Å². The third-order valence-corrected chi connectivity index (χ3v) is 2.97. The van der Waals surface area contributed by atoms with Crippen molar-refractivity contribution in [2.75, 3.05) is 39.4 Å². The predicted molar refractivity (Wildman–Crippen MR) is 107 cm³/mol. The van der Waals surface area contributed by atoms with Crippen LogP contribution in [0.2, 0.25) is 0 Å². The molecule has 0 saturated carbocycles. The number of rotatable bonds is 11. The smallest absolute Gasteiger partial charge is 0.305 e. The third-order valence-electron chi connectivity index (χ3n) is 2.97. The molecule has 6 heteroatoms. The van der Waals surface area contributed by atoms with Gasteiger partial charge in [-0.15, -0.1) is 26.3 Å². The highest BCUT2D eigenvalue weighted by molar-refractivity contribution is 5.76. The molecular weight excluding hydrogens is 332 g/mol. The lowest BCUT2D eigenvalue weighted by Gasteiger charge is -2.18. The first-order valence-corrected chi connectivity index (χ1v) is 8.75. The van der Waals surface area contributed by atoms with Crippen molar-refractivity contribution in [3.05, 3.63) is 50.6 Å². The van der Waals surface area contributed by atoms with Crippen LogP contribution >= 0.6 is 0 Å². The number of esters is 1. The summed E-state index contributed by atoms with van der Waals surface area (Å²) in [5.41, 5.74) is 0. The number of carbonyl (C=O) groups is 2. The number of nitrogens with zero attached hydrogens (tertiary/aromatic N) is 1. The van der Waals surface area contributed by atoms with E-state index in [4.69, 9.17) is 5.11 Å². The maximum atomic E-state index is 11.4. The first kappa shape index (κ1) is 26.1. The summed E-state index contributed by atoms with van der Waals surface area (Å²) in [5, 5.41) is 11.6. The topological polar surface area (TPSA) is 78.9 Å². The van der Waals surface area contributed by atoms with Gasteiger partial charge in [-0.2, -0.15) is 0 Å². The third kappa shape index (κ3) is 18.2. The molecule has 0 aromatic rings. The SMILES string of the molecule is C=CCN(CC=C)C(=O)CCCO.C=CCNCC=C.O=C1CCCO1. The Labute approximate surface area is 157 Å². The molecule has 0 bridgehead atoms. The van der Waals surface area contributed by atoms with Gasteiger partial charge in [-0.3, -0.25) is 9.59 Å². The number of aliphatic hydroxyl groups is 1. The van der Waals surface area contributed by atoms with Gasteiger partial charge in [0.1, 0.15) is 0 Å². The minimum atomic E-state index is -0.0463. The van der Waals surface area contributed by atoms with Crippen molar-refractivity contribution in [2.45, 2.75) is 25.7 Å². The van der Waals surface area contributed by atoms with Crippen LogP contribution in [0.3, 0.4) is 0 Å². The Morgan fingerprint density at radius 3 is 2.00 bits per heavy atom. The fourth-order valence-electron chi connectivity index (χ4n) is 1.74. The largest absolute Gasteiger partial charge is 0.466 e. The summed E-state index contributed by atoms with van der Waals surface area (Å²) in [6, 6.07) is 0. The second-order valence-corrected chi connectivity index (χ2v) is 5.26. The molecule has 1 heterocycles. The Bertz CT molecular complexity index is 396. The quantitative estimate of drug-likeness (QED) is 0.333. The summed E-state index contributed by atoms with van der Waals surface area (Å²) in [7, 11) is 0. The van der Waals surface area contributed by atoms with Crippen molar-refractivity contribution in [2.24, 2.45) is 0 Å². The van der Waals surface area contributed by atoms with Gasteiger partial charge in [0.15, 0.2) is 0 Å². The standard InChI is InChI=1S/C10H17NO2.C6H11N.C4H6O2/c1-3-7-11(8-4-2)10(13)6-5-9-12;1-3-5-7-6-4-2;5-4-2-1-3-6-4/h3-4,12H,1-2,5-9H2;3-4,7H,1-2,5-6H2;1-3H2. The van der Waals surface area contributed by atoms with Crippen LogP contribution in [-0.4, -0.2) is 61.3 Å². The highest BCUT2D eigenvalue weighted by atomic mass is 16.5. The van der Waals surface area contributed by atoms with Crippen LogP contribution in [0.5, 0.6) is 0 Å². The van der Waals surface area contributed by atoms with E-state index in [1.165, 1.54) is 0 Å². The van der Waals surface area contributed by atoms with E-state index >= 15 is 0 Å². The molecule has 148 valence electrons.